The summed E-state index contributed by atoms with van der Waals surface area (Å²) in [6, 6.07) is 0. The molecule has 0 amide bonds. The number of ether oxygens (including phenoxy) is 2. The summed E-state index contributed by atoms with van der Waals surface area (Å²) in [5.41, 5.74) is 4.57. The number of allylic oxidation sites excluding steroid dienone is 2. The molecule has 0 aromatic heterocycles. The van der Waals surface area contributed by atoms with E-state index < -0.39 is 24.2 Å². The fourth-order valence-electron chi connectivity index (χ4n) is 6.64. The van der Waals surface area contributed by atoms with Gasteiger partial charge in [0.05, 0.1) is 38.4 Å². The molecule has 0 saturated carbocycles. The Labute approximate surface area is 276 Å². The second-order valence-corrected chi connectivity index (χ2v) is 30.0. The molecule has 1 aromatic rings. The average Bonchev–Trinajstić information content (AvgIpc) is 2.87. The quantitative estimate of drug-likeness (QED) is 0.117. The van der Waals surface area contributed by atoms with Crippen molar-refractivity contribution in [3.63, 3.8) is 0 Å². The van der Waals surface area contributed by atoms with Crippen LogP contribution in [0.1, 0.15) is 63.5 Å². The molecule has 0 aliphatic heterocycles. The molecule has 240 valence electrons. The predicted molar refractivity (Wildman–Crippen MR) is 178 cm³/mol. The number of fused-ring (bicyclic) bond motifs is 1. The van der Waals surface area contributed by atoms with Crippen LogP contribution in [0, 0.1) is 25.9 Å². The van der Waals surface area contributed by atoms with Gasteiger partial charge in [-0.2, -0.15) is 0 Å². The third-order valence-corrected chi connectivity index (χ3v) is 14.7. The molecule has 0 radical (unpaired) electrons. The molecular weight excluding hydrogens is 629 g/mol. The van der Waals surface area contributed by atoms with Crippen molar-refractivity contribution in [3.8, 4) is 11.5 Å². The van der Waals surface area contributed by atoms with E-state index >= 15 is 0 Å². The van der Waals surface area contributed by atoms with Crippen molar-refractivity contribution in [1.29, 1.82) is 0 Å². The van der Waals surface area contributed by atoms with E-state index in [0.29, 0.717) is 23.5 Å². The Bertz CT molecular complexity index is 1130. The van der Waals surface area contributed by atoms with E-state index in [0.717, 1.165) is 24.3 Å². The minimum Gasteiger partial charge on any atom is 0 e. The molecule has 4 atom stereocenters. The summed E-state index contributed by atoms with van der Waals surface area (Å²) < 4.78 is 35.0. The van der Waals surface area contributed by atoms with E-state index in [2.05, 4.69) is 106 Å². The minimum absolute atomic E-state index is 0. The molecular formula is C33H54CrO6Si3. The maximum Gasteiger partial charge on any atom is 0 e. The topological polar surface area (TPSA) is 95.2 Å². The van der Waals surface area contributed by atoms with E-state index in [9.17, 15) is 4.79 Å². The molecule has 1 aliphatic rings. The molecule has 0 bridgehead atoms. The Morgan fingerprint density at radius 1 is 0.814 bits per heavy atom. The van der Waals surface area contributed by atoms with Crippen molar-refractivity contribution in [2.24, 2.45) is 5.92 Å². The van der Waals surface area contributed by atoms with Crippen LogP contribution in [0.15, 0.2) is 11.6 Å². The maximum atomic E-state index is 13.0. The van der Waals surface area contributed by atoms with Crippen LogP contribution in [-0.2, 0) is 36.1 Å². The van der Waals surface area contributed by atoms with Crippen molar-refractivity contribution < 1.29 is 45.6 Å². The van der Waals surface area contributed by atoms with Crippen LogP contribution in [0.4, 0.5) is 0 Å². The Kier molecular flexibility index (Phi) is 20.6. The normalized spacial score (nSPS) is 18.1. The number of ketones is 1. The van der Waals surface area contributed by atoms with Gasteiger partial charge in [0.25, 0.3) is 0 Å². The second kappa shape index (κ2) is 19.2. The van der Waals surface area contributed by atoms with Gasteiger partial charge in [0.15, 0.2) is 11.5 Å². The molecule has 2 rings (SSSR count). The number of hydrogen-bond donors (Lipinski definition) is 0. The van der Waals surface area contributed by atoms with Crippen molar-refractivity contribution in [1.82, 2.24) is 0 Å². The molecule has 43 heavy (non-hydrogen) atoms. The predicted octanol–water partition coefficient (Wildman–Crippen LogP) is 7.54. The molecule has 0 saturated heterocycles. The average molecular weight is 683 g/mol. The summed E-state index contributed by atoms with van der Waals surface area (Å²) in [5.74, 6) is 3.54. The van der Waals surface area contributed by atoms with Gasteiger partial charge in [-0.25, -0.2) is 0 Å². The second-order valence-electron chi connectivity index (χ2n) is 14.6. The fourth-order valence-corrected chi connectivity index (χ4v) is 12.9. The molecule has 0 fully saturated rings. The van der Waals surface area contributed by atoms with Crippen LogP contribution in [0.3, 0.4) is 0 Å². The first-order valence-electron chi connectivity index (χ1n) is 14.4. The van der Waals surface area contributed by atoms with Gasteiger partial charge < -0.3 is 14.3 Å². The summed E-state index contributed by atoms with van der Waals surface area (Å²) in [4.78, 5) is 13.0. The molecule has 10 heteroatoms. The first-order chi connectivity index (χ1) is 19.3. The minimum atomic E-state index is -1.86. The van der Waals surface area contributed by atoms with Crippen molar-refractivity contribution in [3.05, 3.63) is 42.7 Å². The van der Waals surface area contributed by atoms with Crippen LogP contribution in [-0.4, -0.2) is 44.2 Å². The zero-order valence-corrected chi connectivity index (χ0v) is 33.4. The Morgan fingerprint density at radius 3 is 1.47 bits per heavy atom. The first kappa shape index (κ1) is 46.1. The molecule has 0 heterocycles. The van der Waals surface area contributed by atoms with E-state index in [1.165, 1.54) is 27.1 Å². The van der Waals surface area contributed by atoms with Gasteiger partial charge in [0.1, 0.15) is 5.78 Å². The third kappa shape index (κ3) is 11.5. The van der Waals surface area contributed by atoms with E-state index in [1.54, 1.807) is 0 Å². The zero-order valence-electron chi connectivity index (χ0n) is 29.2. The molecule has 1 aromatic carbocycles. The van der Waals surface area contributed by atoms with E-state index in [4.69, 9.17) is 23.4 Å². The number of rotatable bonds is 9. The van der Waals surface area contributed by atoms with Gasteiger partial charge in [-0.15, -0.1) is 0 Å². The summed E-state index contributed by atoms with van der Waals surface area (Å²) in [7, 11) is -1.73. The Hall–Kier alpha value is -1.37. The van der Waals surface area contributed by atoms with E-state index in [-0.39, 0.29) is 22.9 Å². The van der Waals surface area contributed by atoms with Gasteiger partial charge in [-0.05, 0) is 66.9 Å². The zero-order chi connectivity index (χ0) is 34.0. The SMILES string of the molecule is COc1c(OC)c([Si](C)(C)C)c2c(c1[Si](C)(C)C)[C@@H](C=C(C)C)C[C@H](C)[C@H]2CC(C(C)=O)[Si](C)(C)C.[C-]#[O+].[C-]#[O+].[C-]#[O+].[Cr]. The van der Waals surface area contributed by atoms with Crippen LogP contribution >= 0.6 is 0 Å². The Morgan fingerprint density at radius 2 is 1.19 bits per heavy atom. The van der Waals surface area contributed by atoms with Crippen molar-refractivity contribution in [2.45, 2.75) is 117 Å². The molecule has 1 aliphatic carbocycles. The van der Waals surface area contributed by atoms with Crippen LogP contribution in [0.2, 0.25) is 64.5 Å². The van der Waals surface area contributed by atoms with Crippen LogP contribution < -0.4 is 19.8 Å². The van der Waals surface area contributed by atoms with Gasteiger partial charge >= 0.3 is 33.9 Å². The standard InChI is InChI=1S/C30H54O3Si3.3CO.Cr/c1-19(2)16-22-17-20(3)23(18-24(21(4)31)34(7,8)9)26-25(22)29(35(10,11)12)27(32-5)28(33-6)30(26)36(13,14)15;3*1-2;/h16,20,22-24H,17-18H2,1-15H3;;;;/t20-,22-,23+,24?;;;;/m0..../s1. The fraction of sp³-hybridized carbons (Fsp3) is 0.636. The first-order valence-corrected chi connectivity index (χ1v) is 24.9. The van der Waals surface area contributed by atoms with Gasteiger partial charge in [-0.3, -0.25) is 0 Å². The molecule has 1 unspecified atom stereocenters. The number of carbonyl (C=O) groups is 1. The summed E-state index contributed by atoms with van der Waals surface area (Å²) in [6.07, 6.45) is 4.58. The van der Waals surface area contributed by atoms with Crippen LogP contribution in [0.5, 0.6) is 11.5 Å². The molecule has 0 spiro atoms. The number of methoxy groups -OCH3 is 2. The monoisotopic (exact) mass is 682 g/mol. The van der Waals surface area contributed by atoms with Crippen molar-refractivity contribution >= 4 is 40.4 Å². The van der Waals surface area contributed by atoms with E-state index in [1.807, 2.05) is 21.1 Å². The smallest absolute Gasteiger partial charge is 0 e. The largest absolute Gasteiger partial charge is 0 e. The molecule has 6 nitrogen and oxygen atoms in total. The van der Waals surface area contributed by atoms with Crippen molar-refractivity contribution in [2.75, 3.05) is 14.2 Å². The maximum absolute atomic E-state index is 13.0. The van der Waals surface area contributed by atoms with Gasteiger partial charge in [0, 0.05) is 28.8 Å². The van der Waals surface area contributed by atoms with Gasteiger partial charge in [0.2, 0.25) is 0 Å². The third-order valence-electron chi connectivity index (χ3n) is 8.01. The number of carbonyl (C=O) groups excluding carboxylic acids is 1. The Balaban J connectivity index is -0.00000214. The van der Waals surface area contributed by atoms with Crippen LogP contribution in [0.25, 0.3) is 0 Å². The number of Topliss-reactive ketones (excluding diaryl/α,β-unsaturated/α-hetero) is 1. The van der Waals surface area contributed by atoms with Gasteiger partial charge in [-0.1, -0.05) is 77.5 Å². The molecule has 0 N–H and O–H groups in total. The summed E-state index contributed by atoms with van der Waals surface area (Å²) >= 11 is 0. The number of benzene rings is 1. The summed E-state index contributed by atoms with van der Waals surface area (Å²) in [5, 5.41) is 2.84. The number of hydrogen-bond acceptors (Lipinski definition) is 3. The summed E-state index contributed by atoms with van der Waals surface area (Å²) in [6.45, 7) is 43.9.